The quantitative estimate of drug-likeness (QED) is 0.269. The van der Waals surface area contributed by atoms with Crippen molar-refractivity contribution in [2.45, 2.75) is 6.18 Å². The van der Waals surface area contributed by atoms with Gasteiger partial charge in [-0.25, -0.2) is 9.18 Å². The second kappa shape index (κ2) is 10.6. The second-order valence-electron chi connectivity index (χ2n) is 7.20. The summed E-state index contributed by atoms with van der Waals surface area (Å²) in [7, 11) is 0. The monoisotopic (exact) mass is 490 g/mol. The van der Waals surface area contributed by atoms with Gasteiger partial charge in [-0.2, -0.15) is 13.2 Å². The average Bonchev–Trinajstić information content (AvgIpc) is 2.82. The first-order chi connectivity index (χ1) is 16.5. The fourth-order valence-electron chi connectivity index (χ4n) is 3.05. The number of amides is 3. The summed E-state index contributed by atoms with van der Waals surface area (Å²) in [5, 5.41) is 15.8. The van der Waals surface area contributed by atoms with Crippen LogP contribution < -0.4 is 15.5 Å². The lowest BCUT2D eigenvalue weighted by molar-refractivity contribution is -0.384. The third-order valence-electron chi connectivity index (χ3n) is 4.79. The maximum Gasteiger partial charge on any atom is 0.416 e. The predicted molar refractivity (Wildman–Crippen MR) is 120 cm³/mol. The van der Waals surface area contributed by atoms with E-state index >= 15 is 0 Å². The van der Waals surface area contributed by atoms with Gasteiger partial charge in [-0.1, -0.05) is 6.07 Å². The molecule has 2 N–H and O–H groups in total. The van der Waals surface area contributed by atoms with Crippen molar-refractivity contribution in [3.05, 3.63) is 99.9 Å². The number of rotatable bonds is 7. The van der Waals surface area contributed by atoms with Crippen LogP contribution in [0, 0.1) is 15.9 Å². The molecule has 3 aromatic rings. The highest BCUT2D eigenvalue weighted by Crippen LogP contribution is 2.29. The Morgan fingerprint density at radius 3 is 2.23 bits per heavy atom. The summed E-state index contributed by atoms with van der Waals surface area (Å²) in [5.41, 5.74) is -0.820. The highest BCUT2D eigenvalue weighted by molar-refractivity contribution is 6.02. The van der Waals surface area contributed by atoms with E-state index < -0.39 is 34.4 Å². The number of non-ortho nitro benzene ring substituents is 1. The molecule has 35 heavy (non-hydrogen) atoms. The number of carbonyl (C=O) groups excluding carboxylic acids is 2. The van der Waals surface area contributed by atoms with Gasteiger partial charge in [0.15, 0.2) is 0 Å². The number of nitrogens with zero attached hydrogens (tertiary/aromatic N) is 2. The molecule has 0 saturated heterocycles. The van der Waals surface area contributed by atoms with E-state index in [0.29, 0.717) is 6.07 Å². The molecule has 3 rings (SSSR count). The van der Waals surface area contributed by atoms with Crippen LogP contribution in [0.2, 0.25) is 0 Å². The van der Waals surface area contributed by atoms with Crippen molar-refractivity contribution in [1.82, 2.24) is 5.32 Å². The fraction of sp³-hybridized carbons (Fsp3) is 0.130. The van der Waals surface area contributed by atoms with E-state index in [9.17, 15) is 37.3 Å². The van der Waals surface area contributed by atoms with Crippen molar-refractivity contribution >= 4 is 29.0 Å². The van der Waals surface area contributed by atoms with Crippen LogP contribution in [0.15, 0.2) is 72.8 Å². The lowest BCUT2D eigenvalue weighted by Gasteiger charge is -2.23. The molecule has 0 atom stereocenters. The molecule has 0 unspecified atom stereocenters. The Morgan fingerprint density at radius 2 is 1.63 bits per heavy atom. The van der Waals surface area contributed by atoms with Crippen LogP contribution in [-0.4, -0.2) is 30.0 Å². The van der Waals surface area contributed by atoms with Crippen molar-refractivity contribution < 1.29 is 32.1 Å². The molecule has 0 bridgehead atoms. The Hall–Kier alpha value is -4.48. The van der Waals surface area contributed by atoms with Crippen LogP contribution in [0.25, 0.3) is 0 Å². The zero-order valence-corrected chi connectivity index (χ0v) is 17.9. The maximum atomic E-state index is 13.4. The number of hydrogen-bond acceptors (Lipinski definition) is 4. The van der Waals surface area contributed by atoms with Gasteiger partial charge in [0.05, 0.1) is 10.5 Å². The first-order valence-corrected chi connectivity index (χ1v) is 10.1. The van der Waals surface area contributed by atoms with Gasteiger partial charge in [-0.15, -0.1) is 0 Å². The third-order valence-corrected chi connectivity index (χ3v) is 4.79. The summed E-state index contributed by atoms with van der Waals surface area (Å²) in [5.74, 6) is -1.31. The zero-order valence-electron chi connectivity index (χ0n) is 17.9. The maximum absolute atomic E-state index is 13.4. The molecule has 0 radical (unpaired) electrons. The first kappa shape index (κ1) is 25.1. The predicted octanol–water partition coefficient (Wildman–Crippen LogP) is 5.22. The van der Waals surface area contributed by atoms with Crippen LogP contribution in [0.4, 0.5) is 39.4 Å². The molecule has 8 nitrogen and oxygen atoms in total. The standard InChI is InChI=1S/C23H18F4N4O4/c24-17-4-8-19(9-5-17)30(22(33)29-18-6-10-20(11-7-18)31(34)35)13-12-28-21(32)15-2-1-3-16(14-15)23(25,26)27/h1-11,14H,12-13H2,(H,28,32)(H,29,33). The van der Waals surface area contributed by atoms with Gasteiger partial charge >= 0.3 is 12.2 Å². The van der Waals surface area contributed by atoms with E-state index in [1.165, 1.54) is 47.4 Å². The highest BCUT2D eigenvalue weighted by atomic mass is 19.4. The minimum atomic E-state index is -4.61. The van der Waals surface area contributed by atoms with Crippen molar-refractivity contribution in [3.8, 4) is 0 Å². The number of nitro benzene ring substituents is 1. The van der Waals surface area contributed by atoms with Gasteiger partial charge in [0, 0.05) is 42.2 Å². The molecule has 12 heteroatoms. The summed E-state index contributed by atoms with van der Waals surface area (Å²) in [6.07, 6.45) is -4.61. The number of anilines is 2. The molecule has 3 amide bonds. The number of benzene rings is 3. The molecular weight excluding hydrogens is 472 g/mol. The highest BCUT2D eigenvalue weighted by Gasteiger charge is 2.30. The minimum Gasteiger partial charge on any atom is -0.350 e. The van der Waals surface area contributed by atoms with Gasteiger partial charge in [-0.3, -0.25) is 19.8 Å². The SMILES string of the molecule is O=C(NCCN(C(=O)Nc1ccc([N+](=O)[O-])cc1)c1ccc(F)cc1)c1cccc(C(F)(F)F)c1. The third kappa shape index (κ3) is 6.76. The number of carbonyl (C=O) groups is 2. The average molecular weight is 490 g/mol. The summed E-state index contributed by atoms with van der Waals surface area (Å²) in [6, 6.07) is 13.2. The first-order valence-electron chi connectivity index (χ1n) is 10.1. The number of nitrogens with one attached hydrogen (secondary N) is 2. The van der Waals surface area contributed by atoms with Gasteiger partial charge in [-0.05, 0) is 54.6 Å². The van der Waals surface area contributed by atoms with Crippen molar-refractivity contribution in [3.63, 3.8) is 0 Å². The molecule has 3 aromatic carbocycles. The molecule has 182 valence electrons. The molecule has 0 fully saturated rings. The topological polar surface area (TPSA) is 105 Å². The van der Waals surface area contributed by atoms with Gasteiger partial charge in [0.2, 0.25) is 0 Å². The van der Waals surface area contributed by atoms with Crippen LogP contribution in [0.3, 0.4) is 0 Å². The van der Waals surface area contributed by atoms with Gasteiger partial charge < -0.3 is 10.6 Å². The van der Waals surface area contributed by atoms with Crippen LogP contribution in [0.5, 0.6) is 0 Å². The number of urea groups is 1. The molecule has 0 heterocycles. The fourth-order valence-corrected chi connectivity index (χ4v) is 3.05. The Labute approximate surface area is 196 Å². The molecule has 0 aliphatic rings. The smallest absolute Gasteiger partial charge is 0.350 e. The van der Waals surface area contributed by atoms with Gasteiger partial charge in [0.1, 0.15) is 5.82 Å². The van der Waals surface area contributed by atoms with E-state index in [-0.39, 0.29) is 35.7 Å². The molecular formula is C23H18F4N4O4. The van der Waals surface area contributed by atoms with E-state index in [1.807, 2.05) is 0 Å². The molecule has 0 aliphatic heterocycles. The summed E-state index contributed by atoms with van der Waals surface area (Å²) in [6.45, 7) is -0.255. The normalized spacial score (nSPS) is 11.0. The Kier molecular flexibility index (Phi) is 7.64. The van der Waals surface area contributed by atoms with E-state index in [1.54, 1.807) is 0 Å². The van der Waals surface area contributed by atoms with Crippen LogP contribution in [0.1, 0.15) is 15.9 Å². The number of hydrogen-bond donors (Lipinski definition) is 2. The number of halogens is 4. The van der Waals surface area contributed by atoms with Crippen molar-refractivity contribution in [2.75, 3.05) is 23.3 Å². The van der Waals surface area contributed by atoms with Crippen molar-refractivity contribution in [2.24, 2.45) is 0 Å². The summed E-state index contributed by atoms with van der Waals surface area (Å²) >= 11 is 0. The summed E-state index contributed by atoms with van der Waals surface area (Å²) in [4.78, 5) is 36.6. The Balaban J connectivity index is 1.71. The lowest BCUT2D eigenvalue weighted by Crippen LogP contribution is -2.41. The van der Waals surface area contributed by atoms with Crippen molar-refractivity contribution in [1.29, 1.82) is 0 Å². The number of nitro groups is 1. The Bertz CT molecular complexity index is 1220. The lowest BCUT2D eigenvalue weighted by atomic mass is 10.1. The van der Waals surface area contributed by atoms with Crippen LogP contribution >= 0.6 is 0 Å². The summed E-state index contributed by atoms with van der Waals surface area (Å²) < 4.78 is 52.0. The van der Waals surface area contributed by atoms with E-state index in [4.69, 9.17) is 0 Å². The minimum absolute atomic E-state index is 0.116. The largest absolute Gasteiger partial charge is 0.416 e. The van der Waals surface area contributed by atoms with E-state index in [0.717, 1.165) is 24.3 Å². The molecule has 0 aliphatic carbocycles. The zero-order chi connectivity index (χ0) is 25.6. The van der Waals surface area contributed by atoms with Crippen LogP contribution in [-0.2, 0) is 6.18 Å². The second-order valence-corrected chi connectivity index (χ2v) is 7.20. The molecule has 0 spiro atoms. The molecule has 0 saturated carbocycles. The number of alkyl halides is 3. The Morgan fingerprint density at radius 1 is 0.971 bits per heavy atom. The van der Waals surface area contributed by atoms with Gasteiger partial charge in [0.25, 0.3) is 11.6 Å². The molecule has 0 aromatic heterocycles. The van der Waals surface area contributed by atoms with E-state index in [2.05, 4.69) is 10.6 Å².